The number of nitrogen functional groups attached to an aromatic ring is 1. The van der Waals surface area contributed by atoms with Gasteiger partial charge in [-0.25, -0.2) is 13.1 Å². The number of halogens is 1. The number of hydrogen-bond acceptors (Lipinski definition) is 7. The molecule has 41 heavy (non-hydrogen) atoms. The zero-order chi connectivity index (χ0) is 29.3. The number of hydrogen-bond donors (Lipinski definition) is 4. The second-order valence-corrected chi connectivity index (χ2v) is 12.5. The Morgan fingerprint density at radius 3 is 2.73 bits per heavy atom. The summed E-state index contributed by atoms with van der Waals surface area (Å²) in [6.07, 6.45) is 0.910. The highest BCUT2D eigenvalue weighted by atomic mass is 35.5. The van der Waals surface area contributed by atoms with Gasteiger partial charge in [0.1, 0.15) is 11.4 Å². The summed E-state index contributed by atoms with van der Waals surface area (Å²) in [4.78, 5) is 20.9. The number of nitrogens with zero attached hydrogens (tertiary/aromatic N) is 2. The van der Waals surface area contributed by atoms with Gasteiger partial charge >= 0.3 is 0 Å². The van der Waals surface area contributed by atoms with Crippen LogP contribution in [0.4, 0.5) is 11.4 Å². The van der Waals surface area contributed by atoms with E-state index in [4.69, 9.17) is 27.2 Å². The molecule has 0 saturated carbocycles. The molecule has 1 amide bonds. The minimum atomic E-state index is -3.82. The number of H-pyrrole nitrogens is 1. The van der Waals surface area contributed by atoms with E-state index >= 15 is 0 Å². The van der Waals surface area contributed by atoms with Gasteiger partial charge in [0.15, 0.2) is 0 Å². The summed E-state index contributed by atoms with van der Waals surface area (Å²) in [5.74, 6) is 0.639. The first-order chi connectivity index (χ1) is 19.6. The van der Waals surface area contributed by atoms with Crippen molar-refractivity contribution in [2.45, 2.75) is 17.2 Å². The lowest BCUT2D eigenvalue weighted by atomic mass is 9.95. The van der Waals surface area contributed by atoms with Gasteiger partial charge in [-0.15, -0.1) is 11.6 Å². The van der Waals surface area contributed by atoms with Gasteiger partial charge in [0, 0.05) is 53.4 Å². The Bertz CT molecular complexity index is 1710. The molecule has 218 valence electrons. The second kappa shape index (κ2) is 11.9. The molecule has 4 aromatic rings. The molecule has 5 rings (SSSR count). The lowest BCUT2D eigenvalue weighted by Crippen LogP contribution is -2.30. The Morgan fingerprint density at radius 2 is 2.00 bits per heavy atom. The summed E-state index contributed by atoms with van der Waals surface area (Å²) in [6.45, 7) is 1.50. The molecular formula is C29H34ClN5O5S. The standard InChI is InChI=1S/C29H34ClN5O5S/c1-34(2)9-3-11-40-20-4-7-25-18(12-20)13-26(33-25)29(37)35-17-19(16-30)28-22-6-5-21(41(38,39)32-8-10-36)14-23(22)24(31)15-27(28)35/h4-7,12-15,19,32-33,36H,3,8-11,16-17,31H2,1-2H3. The monoisotopic (exact) mass is 599 g/mol. The fourth-order valence-electron chi connectivity index (χ4n) is 5.28. The Kier molecular flexibility index (Phi) is 8.44. The molecule has 0 bridgehead atoms. The van der Waals surface area contributed by atoms with Crippen molar-refractivity contribution in [3.05, 3.63) is 59.8 Å². The number of anilines is 2. The molecule has 1 aliphatic rings. The molecule has 0 saturated heterocycles. The number of amides is 1. The highest BCUT2D eigenvalue weighted by Gasteiger charge is 2.35. The van der Waals surface area contributed by atoms with Gasteiger partial charge in [0.05, 0.1) is 23.8 Å². The number of sulfonamides is 1. The molecule has 0 aliphatic carbocycles. The zero-order valence-electron chi connectivity index (χ0n) is 23.0. The number of ether oxygens (including phenoxy) is 1. The molecule has 12 heteroatoms. The fourth-order valence-corrected chi connectivity index (χ4v) is 6.58. The Labute approximate surface area is 244 Å². The lowest BCUT2D eigenvalue weighted by Gasteiger charge is -2.18. The van der Waals surface area contributed by atoms with Crippen LogP contribution < -0.4 is 20.1 Å². The van der Waals surface area contributed by atoms with Crippen molar-refractivity contribution in [3.8, 4) is 5.75 Å². The molecular weight excluding hydrogens is 566 g/mol. The van der Waals surface area contributed by atoms with Gasteiger partial charge in [0.2, 0.25) is 10.0 Å². The predicted molar refractivity (Wildman–Crippen MR) is 163 cm³/mol. The normalized spacial score (nSPS) is 15.2. The molecule has 10 nitrogen and oxygen atoms in total. The summed E-state index contributed by atoms with van der Waals surface area (Å²) >= 11 is 6.38. The van der Waals surface area contributed by atoms with E-state index in [-0.39, 0.29) is 35.8 Å². The van der Waals surface area contributed by atoms with Gasteiger partial charge in [-0.2, -0.15) is 0 Å². The molecule has 1 atom stereocenters. The Hall–Kier alpha value is -3.35. The van der Waals surface area contributed by atoms with Crippen molar-refractivity contribution in [3.63, 3.8) is 0 Å². The van der Waals surface area contributed by atoms with Crippen molar-refractivity contribution in [2.24, 2.45) is 0 Å². The van der Waals surface area contributed by atoms with E-state index < -0.39 is 10.0 Å². The number of nitrogens with one attached hydrogen (secondary N) is 2. The smallest absolute Gasteiger partial charge is 0.274 e. The third-order valence-corrected chi connectivity index (χ3v) is 9.08. The number of carbonyl (C=O) groups is 1. The van der Waals surface area contributed by atoms with E-state index in [1.165, 1.54) is 12.1 Å². The molecule has 1 aliphatic heterocycles. The first-order valence-corrected chi connectivity index (χ1v) is 15.4. The first-order valence-electron chi connectivity index (χ1n) is 13.4. The second-order valence-electron chi connectivity index (χ2n) is 10.4. The number of aliphatic hydroxyl groups is 1. The van der Waals surface area contributed by atoms with Gasteiger partial charge < -0.3 is 30.4 Å². The maximum atomic E-state index is 13.8. The quantitative estimate of drug-likeness (QED) is 0.117. The number of rotatable bonds is 11. The predicted octanol–water partition coefficient (Wildman–Crippen LogP) is 3.49. The van der Waals surface area contributed by atoms with E-state index in [0.717, 1.165) is 40.6 Å². The van der Waals surface area contributed by atoms with Crippen LogP contribution in [0.25, 0.3) is 21.7 Å². The Balaban J connectivity index is 1.45. The maximum absolute atomic E-state index is 13.8. The molecule has 0 spiro atoms. The van der Waals surface area contributed by atoms with Crippen LogP contribution in [-0.4, -0.2) is 82.1 Å². The average Bonchev–Trinajstić information content (AvgIpc) is 3.55. The maximum Gasteiger partial charge on any atom is 0.274 e. The molecule has 0 radical (unpaired) electrons. The number of aromatic nitrogens is 1. The van der Waals surface area contributed by atoms with Crippen LogP contribution in [0.3, 0.4) is 0 Å². The number of alkyl halides is 1. The average molecular weight is 600 g/mol. The van der Waals surface area contributed by atoms with Crippen molar-refractivity contribution >= 4 is 60.6 Å². The number of carbonyl (C=O) groups excluding carboxylic acids is 1. The minimum absolute atomic E-state index is 0.0394. The number of aromatic amines is 1. The van der Waals surface area contributed by atoms with Crippen LogP contribution in [0.1, 0.15) is 28.4 Å². The first kappa shape index (κ1) is 29.2. The SMILES string of the molecule is CN(C)CCCOc1ccc2[nH]c(C(=O)N3CC(CCl)c4c3cc(N)c3cc(S(=O)(=O)NCCO)ccc43)cc2c1. The molecule has 1 aromatic heterocycles. The lowest BCUT2D eigenvalue weighted by molar-refractivity contribution is 0.0984. The van der Waals surface area contributed by atoms with Crippen molar-refractivity contribution in [1.29, 1.82) is 0 Å². The van der Waals surface area contributed by atoms with Gasteiger partial charge in [-0.1, -0.05) is 6.07 Å². The molecule has 2 heterocycles. The van der Waals surface area contributed by atoms with Crippen molar-refractivity contribution < 1.29 is 23.1 Å². The molecule has 3 aromatic carbocycles. The van der Waals surface area contributed by atoms with Gasteiger partial charge in [-0.05, 0) is 73.9 Å². The van der Waals surface area contributed by atoms with Gasteiger partial charge in [-0.3, -0.25) is 4.79 Å². The largest absolute Gasteiger partial charge is 0.494 e. The molecule has 5 N–H and O–H groups in total. The van der Waals surface area contributed by atoms with Crippen LogP contribution in [0, 0.1) is 0 Å². The minimum Gasteiger partial charge on any atom is -0.494 e. The van der Waals surface area contributed by atoms with Crippen LogP contribution >= 0.6 is 11.6 Å². The summed E-state index contributed by atoms with van der Waals surface area (Å²) in [6, 6.07) is 13.9. The van der Waals surface area contributed by atoms with Gasteiger partial charge in [0.25, 0.3) is 5.91 Å². The van der Waals surface area contributed by atoms with E-state index in [1.54, 1.807) is 17.0 Å². The number of nitrogens with two attached hydrogens (primary N) is 1. The topological polar surface area (TPSA) is 141 Å². The van der Waals surface area contributed by atoms with Crippen LogP contribution in [0.5, 0.6) is 5.75 Å². The molecule has 0 fully saturated rings. The van der Waals surface area contributed by atoms with E-state index in [1.807, 2.05) is 38.4 Å². The summed E-state index contributed by atoms with van der Waals surface area (Å²) in [5, 5.41) is 11.2. The fraction of sp³-hybridized carbons (Fsp3) is 0.345. The van der Waals surface area contributed by atoms with Crippen LogP contribution in [0.2, 0.25) is 0 Å². The summed E-state index contributed by atoms with van der Waals surface area (Å²) in [5.41, 5.74) is 9.54. The Morgan fingerprint density at radius 1 is 1.20 bits per heavy atom. The summed E-state index contributed by atoms with van der Waals surface area (Å²) < 4.78 is 33.5. The highest BCUT2D eigenvalue weighted by Crippen LogP contribution is 2.45. The highest BCUT2D eigenvalue weighted by molar-refractivity contribution is 7.89. The van der Waals surface area contributed by atoms with E-state index in [0.29, 0.717) is 35.6 Å². The number of benzene rings is 3. The van der Waals surface area contributed by atoms with E-state index in [2.05, 4.69) is 14.6 Å². The van der Waals surface area contributed by atoms with E-state index in [9.17, 15) is 13.2 Å². The molecule has 1 unspecified atom stereocenters. The number of aliphatic hydroxyl groups excluding tert-OH is 1. The van der Waals surface area contributed by atoms with Crippen molar-refractivity contribution in [1.82, 2.24) is 14.6 Å². The van der Waals surface area contributed by atoms with Crippen molar-refractivity contribution in [2.75, 3.05) is 63.5 Å². The van der Waals surface area contributed by atoms with Crippen LogP contribution in [-0.2, 0) is 10.0 Å². The van der Waals surface area contributed by atoms with Crippen LogP contribution in [0.15, 0.2) is 53.4 Å². The third-order valence-electron chi connectivity index (χ3n) is 7.25. The summed E-state index contributed by atoms with van der Waals surface area (Å²) in [7, 11) is 0.230. The number of fused-ring (bicyclic) bond motifs is 4. The third kappa shape index (κ3) is 5.86. The zero-order valence-corrected chi connectivity index (χ0v) is 24.6.